The average Bonchev–Trinajstić information content (AvgIpc) is 2.41. The van der Waals surface area contributed by atoms with Crippen LogP contribution in [0.5, 0.6) is 0 Å². The molecule has 2 aromatic rings. The van der Waals surface area contributed by atoms with Gasteiger partial charge >= 0.3 is 0 Å². The molecule has 0 aromatic heterocycles. The monoisotopic (exact) mass is 317 g/mol. The zero-order valence-electron chi connectivity index (χ0n) is 11.7. The molecule has 100 valence electrons. The SMILES string of the molecule is CNC(Cc1ccc(C)cc1)c1cc(Br)ccc1C. The Hall–Kier alpha value is -1.12. The molecule has 0 aliphatic heterocycles. The molecule has 0 amide bonds. The predicted molar refractivity (Wildman–Crippen MR) is 85.6 cm³/mol. The van der Waals surface area contributed by atoms with Crippen LogP contribution in [-0.4, -0.2) is 7.05 Å². The second-order valence-corrected chi connectivity index (χ2v) is 5.95. The third kappa shape index (κ3) is 3.68. The summed E-state index contributed by atoms with van der Waals surface area (Å²) >= 11 is 3.56. The van der Waals surface area contributed by atoms with Crippen LogP contribution in [0, 0.1) is 13.8 Å². The highest BCUT2D eigenvalue weighted by atomic mass is 79.9. The number of nitrogens with one attached hydrogen (secondary N) is 1. The lowest BCUT2D eigenvalue weighted by Crippen LogP contribution is -2.19. The maximum absolute atomic E-state index is 3.56. The molecule has 2 aromatic carbocycles. The number of benzene rings is 2. The van der Waals surface area contributed by atoms with E-state index in [4.69, 9.17) is 0 Å². The van der Waals surface area contributed by atoms with Crippen molar-refractivity contribution in [2.45, 2.75) is 26.3 Å². The van der Waals surface area contributed by atoms with Gasteiger partial charge < -0.3 is 5.32 Å². The van der Waals surface area contributed by atoms with Crippen molar-refractivity contribution in [3.63, 3.8) is 0 Å². The van der Waals surface area contributed by atoms with Crippen LogP contribution in [0.1, 0.15) is 28.3 Å². The highest BCUT2D eigenvalue weighted by molar-refractivity contribution is 9.10. The largest absolute Gasteiger partial charge is 0.313 e. The highest BCUT2D eigenvalue weighted by Gasteiger charge is 2.12. The van der Waals surface area contributed by atoms with Gasteiger partial charge in [-0.05, 0) is 56.1 Å². The fraction of sp³-hybridized carbons (Fsp3) is 0.294. The molecule has 0 aliphatic rings. The van der Waals surface area contributed by atoms with E-state index in [0.29, 0.717) is 6.04 Å². The van der Waals surface area contributed by atoms with Gasteiger partial charge in [0, 0.05) is 10.5 Å². The summed E-state index contributed by atoms with van der Waals surface area (Å²) in [6, 6.07) is 15.6. The van der Waals surface area contributed by atoms with Gasteiger partial charge in [-0.15, -0.1) is 0 Å². The Morgan fingerprint density at radius 2 is 1.74 bits per heavy atom. The summed E-state index contributed by atoms with van der Waals surface area (Å²) in [5, 5.41) is 3.43. The normalized spacial score (nSPS) is 12.4. The van der Waals surface area contributed by atoms with Gasteiger partial charge in [0.2, 0.25) is 0 Å². The van der Waals surface area contributed by atoms with Crippen LogP contribution in [0.3, 0.4) is 0 Å². The molecule has 0 fully saturated rings. The molecule has 0 radical (unpaired) electrons. The van der Waals surface area contributed by atoms with Gasteiger partial charge in [-0.1, -0.05) is 51.8 Å². The lowest BCUT2D eigenvalue weighted by Gasteiger charge is -2.19. The summed E-state index contributed by atoms with van der Waals surface area (Å²) in [4.78, 5) is 0. The fourth-order valence-electron chi connectivity index (χ4n) is 2.31. The van der Waals surface area contributed by atoms with E-state index in [1.165, 1.54) is 22.3 Å². The topological polar surface area (TPSA) is 12.0 Å². The van der Waals surface area contributed by atoms with Crippen molar-refractivity contribution in [2.24, 2.45) is 0 Å². The Morgan fingerprint density at radius 3 is 2.37 bits per heavy atom. The van der Waals surface area contributed by atoms with Gasteiger partial charge in [0.05, 0.1) is 0 Å². The summed E-state index contributed by atoms with van der Waals surface area (Å²) in [7, 11) is 2.03. The molecule has 0 aliphatic carbocycles. The van der Waals surface area contributed by atoms with Gasteiger partial charge in [0.25, 0.3) is 0 Å². The summed E-state index contributed by atoms with van der Waals surface area (Å²) < 4.78 is 1.14. The maximum atomic E-state index is 3.56. The lowest BCUT2D eigenvalue weighted by molar-refractivity contribution is 0.588. The molecule has 0 heterocycles. The Kier molecular flexibility index (Phi) is 4.78. The van der Waals surface area contributed by atoms with Crippen LogP contribution < -0.4 is 5.32 Å². The summed E-state index contributed by atoms with van der Waals surface area (Å²) in [5.74, 6) is 0. The molecule has 0 bridgehead atoms. The van der Waals surface area contributed by atoms with Crippen molar-refractivity contribution in [1.82, 2.24) is 5.32 Å². The molecule has 2 rings (SSSR count). The highest BCUT2D eigenvalue weighted by Crippen LogP contribution is 2.25. The van der Waals surface area contributed by atoms with Crippen LogP contribution in [0.15, 0.2) is 46.9 Å². The fourth-order valence-corrected chi connectivity index (χ4v) is 2.69. The minimum atomic E-state index is 0.347. The van der Waals surface area contributed by atoms with E-state index >= 15 is 0 Å². The Labute approximate surface area is 124 Å². The second-order valence-electron chi connectivity index (χ2n) is 5.03. The van der Waals surface area contributed by atoms with Crippen molar-refractivity contribution < 1.29 is 0 Å². The summed E-state index contributed by atoms with van der Waals surface area (Å²) in [5.41, 5.74) is 5.36. The van der Waals surface area contributed by atoms with Crippen LogP contribution in [0.4, 0.5) is 0 Å². The Bertz CT molecular complexity index is 546. The minimum Gasteiger partial charge on any atom is -0.313 e. The van der Waals surface area contributed by atoms with E-state index in [0.717, 1.165) is 10.9 Å². The minimum absolute atomic E-state index is 0.347. The van der Waals surface area contributed by atoms with Gasteiger partial charge in [-0.2, -0.15) is 0 Å². The number of rotatable bonds is 4. The third-order valence-corrected chi connectivity index (χ3v) is 4.02. The van der Waals surface area contributed by atoms with Gasteiger partial charge in [-0.3, -0.25) is 0 Å². The molecular formula is C17H20BrN. The molecule has 2 heteroatoms. The first-order chi connectivity index (χ1) is 9.10. The quantitative estimate of drug-likeness (QED) is 0.871. The van der Waals surface area contributed by atoms with Crippen LogP contribution in [0.25, 0.3) is 0 Å². The number of hydrogen-bond donors (Lipinski definition) is 1. The van der Waals surface area contributed by atoms with Crippen molar-refractivity contribution in [3.05, 3.63) is 69.2 Å². The van der Waals surface area contributed by atoms with Crippen LogP contribution in [-0.2, 0) is 6.42 Å². The van der Waals surface area contributed by atoms with Crippen molar-refractivity contribution in [1.29, 1.82) is 0 Å². The average molecular weight is 318 g/mol. The number of aryl methyl sites for hydroxylation is 2. The Morgan fingerprint density at radius 1 is 1.05 bits per heavy atom. The van der Waals surface area contributed by atoms with Crippen molar-refractivity contribution in [3.8, 4) is 0 Å². The molecule has 0 saturated carbocycles. The van der Waals surface area contributed by atoms with Gasteiger partial charge in [-0.25, -0.2) is 0 Å². The van der Waals surface area contributed by atoms with E-state index in [1.54, 1.807) is 0 Å². The molecule has 1 N–H and O–H groups in total. The van der Waals surface area contributed by atoms with E-state index in [9.17, 15) is 0 Å². The number of hydrogen-bond acceptors (Lipinski definition) is 1. The first kappa shape index (κ1) is 14.3. The van der Waals surface area contributed by atoms with Crippen LogP contribution >= 0.6 is 15.9 Å². The standard InChI is InChI=1S/C17H20BrN/c1-12-4-7-14(8-5-12)10-17(19-3)16-11-15(18)9-6-13(16)2/h4-9,11,17,19H,10H2,1-3H3. The van der Waals surface area contributed by atoms with E-state index in [-0.39, 0.29) is 0 Å². The van der Waals surface area contributed by atoms with E-state index < -0.39 is 0 Å². The van der Waals surface area contributed by atoms with Crippen LogP contribution in [0.2, 0.25) is 0 Å². The first-order valence-electron chi connectivity index (χ1n) is 6.59. The van der Waals surface area contributed by atoms with Gasteiger partial charge in [0.15, 0.2) is 0 Å². The third-order valence-electron chi connectivity index (χ3n) is 3.53. The zero-order valence-corrected chi connectivity index (χ0v) is 13.3. The molecule has 1 nitrogen and oxygen atoms in total. The second kappa shape index (κ2) is 6.36. The molecular weight excluding hydrogens is 298 g/mol. The number of halogens is 1. The van der Waals surface area contributed by atoms with E-state index in [1.807, 2.05) is 7.05 Å². The molecule has 0 saturated heterocycles. The smallest absolute Gasteiger partial charge is 0.0361 e. The van der Waals surface area contributed by atoms with Crippen molar-refractivity contribution >= 4 is 15.9 Å². The van der Waals surface area contributed by atoms with Crippen molar-refractivity contribution in [2.75, 3.05) is 7.05 Å². The summed E-state index contributed by atoms with van der Waals surface area (Å²) in [6.45, 7) is 4.29. The summed E-state index contributed by atoms with van der Waals surface area (Å²) in [6.07, 6.45) is 1.01. The number of likely N-dealkylation sites (N-methyl/N-ethyl adjacent to an activating group) is 1. The van der Waals surface area contributed by atoms with Gasteiger partial charge in [0.1, 0.15) is 0 Å². The predicted octanol–water partition coefficient (Wildman–Crippen LogP) is 4.57. The molecule has 19 heavy (non-hydrogen) atoms. The maximum Gasteiger partial charge on any atom is 0.0361 e. The zero-order chi connectivity index (χ0) is 13.8. The molecule has 1 unspecified atom stereocenters. The van der Waals surface area contributed by atoms with E-state index in [2.05, 4.69) is 77.6 Å². The first-order valence-corrected chi connectivity index (χ1v) is 7.38. The molecule has 1 atom stereocenters. The molecule has 0 spiro atoms. The Balaban J connectivity index is 2.24. The lowest BCUT2D eigenvalue weighted by atomic mass is 9.95.